The van der Waals surface area contributed by atoms with Crippen LogP contribution in [-0.2, 0) is 0 Å². The fourth-order valence-electron chi connectivity index (χ4n) is 8.91. The lowest BCUT2D eigenvalue weighted by atomic mass is 9.89. The van der Waals surface area contributed by atoms with Gasteiger partial charge in [-0.25, -0.2) is 9.97 Å². The first-order valence-corrected chi connectivity index (χ1v) is 19.6. The number of thiophene rings is 1. The third-order valence-electron chi connectivity index (χ3n) is 11.4. The number of para-hydroxylation sites is 2. The van der Waals surface area contributed by atoms with Crippen LogP contribution in [0.5, 0.6) is 0 Å². The van der Waals surface area contributed by atoms with Crippen LogP contribution in [0.1, 0.15) is 11.5 Å². The van der Waals surface area contributed by atoms with Gasteiger partial charge in [0.25, 0.3) is 0 Å². The molecule has 0 N–H and O–H groups in total. The van der Waals surface area contributed by atoms with Crippen LogP contribution < -0.4 is 15.3 Å². The molecule has 0 saturated heterocycles. The third-order valence-corrected chi connectivity index (χ3v) is 12.6. The summed E-state index contributed by atoms with van der Waals surface area (Å²) < 4.78 is 9.17. The van der Waals surface area contributed by atoms with Crippen molar-refractivity contribution in [3.8, 4) is 33.8 Å². The first-order valence-electron chi connectivity index (χ1n) is 18.7. The molecule has 12 rings (SSSR count). The minimum absolute atomic E-state index is 0.138. The Labute approximate surface area is 320 Å². The van der Waals surface area contributed by atoms with Gasteiger partial charge in [-0.15, -0.1) is 11.3 Å². The van der Waals surface area contributed by atoms with Crippen LogP contribution >= 0.6 is 11.3 Å². The normalized spacial score (nSPS) is 15.9. The minimum atomic E-state index is 0.138. The highest BCUT2D eigenvalue weighted by Crippen LogP contribution is 2.51. The van der Waals surface area contributed by atoms with E-state index in [-0.39, 0.29) is 12.0 Å². The van der Waals surface area contributed by atoms with E-state index in [1.165, 1.54) is 37.5 Å². The monoisotopic (exact) mass is 721 g/mol. The zero-order chi connectivity index (χ0) is 36.0. The summed E-state index contributed by atoms with van der Waals surface area (Å²) in [6.45, 7) is 0. The molecule has 10 aromatic rings. The topological polar surface area (TPSA) is 42.2 Å². The largest absolute Gasteiger partial charge is 0.455 e. The molecule has 5 heteroatoms. The molecule has 0 fully saturated rings. The van der Waals surface area contributed by atoms with Crippen molar-refractivity contribution in [3.63, 3.8) is 0 Å². The molecule has 55 heavy (non-hydrogen) atoms. The van der Waals surface area contributed by atoms with Crippen LogP contribution in [-0.4, -0.2) is 16.0 Å². The van der Waals surface area contributed by atoms with E-state index < -0.39 is 0 Å². The van der Waals surface area contributed by atoms with Gasteiger partial charge in [0.1, 0.15) is 11.2 Å². The Morgan fingerprint density at radius 1 is 0.545 bits per heavy atom. The molecule has 258 valence electrons. The average Bonchev–Trinajstić information content (AvgIpc) is 3.92. The van der Waals surface area contributed by atoms with Crippen LogP contribution in [0.25, 0.3) is 88.2 Å². The van der Waals surface area contributed by atoms with Crippen LogP contribution in [0.15, 0.2) is 168 Å². The van der Waals surface area contributed by atoms with Crippen molar-refractivity contribution in [2.45, 2.75) is 12.0 Å². The van der Waals surface area contributed by atoms with Gasteiger partial charge in [-0.3, -0.25) is 0 Å². The second kappa shape index (κ2) is 11.8. The molecule has 2 atom stereocenters. The number of nitrogens with zero attached hydrogens (tertiary/aromatic N) is 3. The number of hydrogen-bond donors (Lipinski definition) is 0. The summed E-state index contributed by atoms with van der Waals surface area (Å²) in [6.07, 6.45) is 4.88. The Morgan fingerprint density at radius 3 is 2.13 bits per heavy atom. The van der Waals surface area contributed by atoms with Gasteiger partial charge in [0.15, 0.2) is 5.82 Å². The van der Waals surface area contributed by atoms with Crippen molar-refractivity contribution in [3.05, 3.63) is 180 Å². The highest BCUT2D eigenvalue weighted by atomic mass is 32.1. The predicted molar refractivity (Wildman–Crippen MR) is 228 cm³/mol. The standard InChI is InChI=1S/C50H31N3OS/c1-2-12-30(13-3-1)31-24-26-32(27-25-31)46-49-47(36-17-7-9-23-44(36)55-49)52-50(51-46)38-19-10-18-37-45-41(21-11-22-43(45)54-48(37)38)53-40-20-8-6-16-35(40)39-28-33-14-4-5-15-34(33)29-42(39)53/h1-29,39,42H. The minimum Gasteiger partial charge on any atom is -0.455 e. The smallest absolute Gasteiger partial charge is 0.164 e. The van der Waals surface area contributed by atoms with Gasteiger partial charge in [-0.1, -0.05) is 146 Å². The predicted octanol–water partition coefficient (Wildman–Crippen LogP) is 11.6. The van der Waals surface area contributed by atoms with Crippen LogP contribution in [0.3, 0.4) is 0 Å². The number of rotatable bonds is 4. The Morgan fingerprint density at radius 2 is 1.24 bits per heavy atom. The summed E-state index contributed by atoms with van der Waals surface area (Å²) in [5, 5.41) is 5.85. The van der Waals surface area contributed by atoms with Gasteiger partial charge in [0, 0.05) is 32.6 Å². The van der Waals surface area contributed by atoms with E-state index >= 15 is 0 Å². The summed E-state index contributed by atoms with van der Waals surface area (Å²) >= 11 is 1.75. The quantitative estimate of drug-likeness (QED) is 0.181. The maximum Gasteiger partial charge on any atom is 0.164 e. The number of aromatic nitrogens is 2. The summed E-state index contributed by atoms with van der Waals surface area (Å²) in [6, 6.07) is 58.3. The van der Waals surface area contributed by atoms with Crippen LogP contribution in [0.4, 0.5) is 11.4 Å². The van der Waals surface area contributed by atoms with E-state index in [4.69, 9.17) is 14.4 Å². The molecule has 1 aliphatic carbocycles. The van der Waals surface area contributed by atoms with Gasteiger partial charge in [0.05, 0.1) is 38.6 Å². The number of anilines is 2. The van der Waals surface area contributed by atoms with Gasteiger partial charge in [-0.05, 0) is 57.5 Å². The molecule has 1 aliphatic heterocycles. The van der Waals surface area contributed by atoms with E-state index in [1.54, 1.807) is 11.3 Å². The zero-order valence-electron chi connectivity index (χ0n) is 29.6. The highest BCUT2D eigenvalue weighted by molar-refractivity contribution is 7.26. The Hall–Kier alpha value is -6.82. The summed E-state index contributed by atoms with van der Waals surface area (Å²) in [7, 11) is 0. The molecule has 0 saturated carbocycles. The lowest BCUT2D eigenvalue weighted by molar-refractivity contribution is 0.669. The van der Waals surface area contributed by atoms with E-state index in [2.05, 4.69) is 181 Å². The van der Waals surface area contributed by atoms with Crippen molar-refractivity contribution in [2.75, 3.05) is 4.90 Å². The summed E-state index contributed by atoms with van der Waals surface area (Å²) in [4.78, 5) is 13.2. The molecule has 7 aromatic carbocycles. The number of fused-ring (bicyclic) bond motifs is 10. The molecule has 0 amide bonds. The van der Waals surface area contributed by atoms with Gasteiger partial charge >= 0.3 is 0 Å². The number of benzene rings is 7. The average molecular weight is 722 g/mol. The fourth-order valence-corrected chi connectivity index (χ4v) is 10.1. The first kappa shape index (κ1) is 30.6. The zero-order valence-corrected chi connectivity index (χ0v) is 30.4. The van der Waals surface area contributed by atoms with E-state index in [9.17, 15) is 0 Å². The summed E-state index contributed by atoms with van der Waals surface area (Å²) in [5.41, 5.74) is 11.6. The maximum atomic E-state index is 6.89. The molecule has 4 nitrogen and oxygen atoms in total. The Bertz CT molecular complexity index is 3290. The lowest BCUT2D eigenvalue weighted by Gasteiger charge is -2.29. The Balaban J connectivity index is 1.06. The molecule has 3 aromatic heterocycles. The second-order valence-corrected chi connectivity index (χ2v) is 15.5. The van der Waals surface area contributed by atoms with E-state index in [1.807, 2.05) is 0 Å². The SMILES string of the molecule is C1=c2ccccc2=CC2C1c1ccccc1N2c1cccc2oc3c(-c4nc(-c5ccc(-c6ccccc6)cc5)c5sc6ccccc6c5n4)cccc3c12. The van der Waals surface area contributed by atoms with E-state index in [0.29, 0.717) is 5.82 Å². The molecule has 0 bridgehead atoms. The first-order chi connectivity index (χ1) is 27.3. The van der Waals surface area contributed by atoms with Crippen molar-refractivity contribution in [1.29, 1.82) is 0 Å². The van der Waals surface area contributed by atoms with Crippen LogP contribution in [0, 0.1) is 0 Å². The van der Waals surface area contributed by atoms with Crippen molar-refractivity contribution in [2.24, 2.45) is 0 Å². The maximum absolute atomic E-state index is 6.89. The van der Waals surface area contributed by atoms with Crippen molar-refractivity contribution < 1.29 is 4.42 Å². The highest BCUT2D eigenvalue weighted by Gasteiger charge is 2.38. The van der Waals surface area contributed by atoms with E-state index in [0.717, 1.165) is 60.0 Å². The second-order valence-electron chi connectivity index (χ2n) is 14.5. The van der Waals surface area contributed by atoms with Crippen molar-refractivity contribution in [1.82, 2.24) is 9.97 Å². The van der Waals surface area contributed by atoms with Crippen molar-refractivity contribution >= 4 is 77.1 Å². The number of hydrogen-bond acceptors (Lipinski definition) is 5. The fraction of sp³-hybridized carbons (Fsp3) is 0.0400. The van der Waals surface area contributed by atoms with Crippen LogP contribution in [0.2, 0.25) is 0 Å². The molecular formula is C50H31N3OS. The third kappa shape index (κ3) is 4.63. The molecule has 2 unspecified atom stereocenters. The Kier molecular flexibility index (Phi) is 6.59. The molecular weight excluding hydrogens is 691 g/mol. The molecule has 0 radical (unpaired) electrons. The number of furan rings is 1. The summed E-state index contributed by atoms with van der Waals surface area (Å²) in [5.74, 6) is 0.902. The van der Waals surface area contributed by atoms with Gasteiger partial charge in [0.2, 0.25) is 0 Å². The molecule has 2 aliphatic rings. The van der Waals surface area contributed by atoms with Gasteiger partial charge in [-0.2, -0.15) is 0 Å². The lowest BCUT2D eigenvalue weighted by Crippen LogP contribution is -2.38. The van der Waals surface area contributed by atoms with Gasteiger partial charge < -0.3 is 9.32 Å². The molecule has 4 heterocycles. The molecule has 0 spiro atoms.